The summed E-state index contributed by atoms with van der Waals surface area (Å²) >= 11 is 6.83. The second kappa shape index (κ2) is 8.65. The lowest BCUT2D eigenvalue weighted by Crippen LogP contribution is -2.27. The van der Waals surface area contributed by atoms with Gasteiger partial charge in [0.1, 0.15) is 6.54 Å². The molecule has 0 saturated carbocycles. The fraction of sp³-hybridized carbons (Fsp3) is 0.296. The lowest BCUT2D eigenvalue weighted by atomic mass is 9.81. The molecular formula is C27H30ClN2+. The molecule has 1 heterocycles. The second-order valence-corrected chi connectivity index (χ2v) is 8.86. The Labute approximate surface area is 185 Å². The first-order valence-electron chi connectivity index (χ1n) is 10.8. The largest absolute Gasteiger partial charge is 0.361 e. The lowest BCUT2D eigenvalue weighted by molar-refractivity contribution is -0.433. The zero-order valence-electron chi connectivity index (χ0n) is 18.1. The normalized spacial score (nSPS) is 19.7. The SMILES string of the molecule is CC[N+]1=C(C=CC2=C(Cl)C(=CNc3ccccc3)CCC2)C(C)(C)c2ccccc21. The third kappa shape index (κ3) is 3.89. The minimum absolute atomic E-state index is 0.0155. The maximum atomic E-state index is 6.83. The summed E-state index contributed by atoms with van der Waals surface area (Å²) in [5, 5.41) is 4.27. The molecule has 0 atom stereocenters. The minimum Gasteiger partial charge on any atom is -0.361 e. The lowest BCUT2D eigenvalue weighted by Gasteiger charge is -2.18. The van der Waals surface area contributed by atoms with E-state index in [-0.39, 0.29) is 5.41 Å². The zero-order chi connectivity index (χ0) is 21.1. The van der Waals surface area contributed by atoms with Gasteiger partial charge in [-0.3, -0.25) is 0 Å². The molecule has 2 nitrogen and oxygen atoms in total. The summed E-state index contributed by atoms with van der Waals surface area (Å²) in [7, 11) is 0. The summed E-state index contributed by atoms with van der Waals surface area (Å²) in [5.41, 5.74) is 7.51. The number of hydrogen-bond acceptors (Lipinski definition) is 1. The summed E-state index contributed by atoms with van der Waals surface area (Å²) in [5.74, 6) is 0. The first-order valence-corrected chi connectivity index (χ1v) is 11.2. The highest BCUT2D eigenvalue weighted by atomic mass is 35.5. The second-order valence-electron chi connectivity index (χ2n) is 8.48. The van der Waals surface area contributed by atoms with E-state index < -0.39 is 0 Å². The molecule has 30 heavy (non-hydrogen) atoms. The Bertz CT molecular complexity index is 1060. The Morgan fingerprint density at radius 3 is 2.50 bits per heavy atom. The van der Waals surface area contributed by atoms with Gasteiger partial charge in [-0.25, -0.2) is 0 Å². The van der Waals surface area contributed by atoms with E-state index in [4.69, 9.17) is 11.6 Å². The molecule has 1 aliphatic carbocycles. The predicted octanol–water partition coefficient (Wildman–Crippen LogP) is 7.31. The van der Waals surface area contributed by atoms with Gasteiger partial charge in [-0.2, -0.15) is 4.58 Å². The predicted molar refractivity (Wildman–Crippen MR) is 129 cm³/mol. The molecule has 3 heteroatoms. The maximum absolute atomic E-state index is 6.83. The molecule has 0 radical (unpaired) electrons. The summed E-state index contributed by atoms with van der Waals surface area (Å²) in [6.45, 7) is 7.80. The van der Waals surface area contributed by atoms with Gasteiger partial charge in [0.25, 0.3) is 0 Å². The number of fused-ring (bicyclic) bond motifs is 1. The smallest absolute Gasteiger partial charge is 0.209 e. The first kappa shape index (κ1) is 20.7. The number of para-hydroxylation sites is 2. The van der Waals surface area contributed by atoms with Crippen LogP contribution in [0.5, 0.6) is 0 Å². The van der Waals surface area contributed by atoms with E-state index >= 15 is 0 Å². The number of hydrogen-bond donors (Lipinski definition) is 1. The van der Waals surface area contributed by atoms with Crippen molar-refractivity contribution in [2.75, 3.05) is 11.9 Å². The van der Waals surface area contributed by atoms with Crippen molar-refractivity contribution in [1.29, 1.82) is 0 Å². The van der Waals surface area contributed by atoms with Crippen LogP contribution in [-0.4, -0.2) is 16.8 Å². The molecule has 154 valence electrons. The van der Waals surface area contributed by atoms with Crippen LogP contribution in [0.25, 0.3) is 0 Å². The van der Waals surface area contributed by atoms with Crippen molar-refractivity contribution < 1.29 is 4.58 Å². The maximum Gasteiger partial charge on any atom is 0.209 e. The van der Waals surface area contributed by atoms with E-state index in [2.05, 4.69) is 85.4 Å². The van der Waals surface area contributed by atoms with Gasteiger partial charge in [-0.15, -0.1) is 0 Å². The standard InChI is InChI=1S/C27H29ClN2/c1-4-30-24-16-9-8-15-23(24)27(2,3)25(30)18-17-20-11-10-12-21(26(20)28)19-29-22-13-6-5-7-14-22/h5-9,13-19H,4,10-12H2,1-3H3/p+1. The number of rotatable bonds is 5. The van der Waals surface area contributed by atoms with E-state index in [9.17, 15) is 0 Å². The van der Waals surface area contributed by atoms with Crippen molar-refractivity contribution in [2.45, 2.75) is 45.4 Å². The van der Waals surface area contributed by atoms with E-state index in [1.54, 1.807) is 0 Å². The van der Waals surface area contributed by atoms with Crippen LogP contribution >= 0.6 is 11.6 Å². The monoisotopic (exact) mass is 417 g/mol. The fourth-order valence-corrected chi connectivity index (χ4v) is 4.86. The topological polar surface area (TPSA) is 15.0 Å². The average Bonchev–Trinajstić information content (AvgIpc) is 2.99. The van der Waals surface area contributed by atoms with Crippen LogP contribution in [-0.2, 0) is 5.41 Å². The van der Waals surface area contributed by atoms with E-state index in [1.807, 2.05) is 18.2 Å². The summed E-state index contributed by atoms with van der Waals surface area (Å²) < 4.78 is 2.43. The molecule has 0 saturated heterocycles. The van der Waals surface area contributed by atoms with Crippen LogP contribution in [0, 0.1) is 0 Å². The van der Waals surface area contributed by atoms with Gasteiger partial charge in [0, 0.05) is 34.6 Å². The summed E-state index contributed by atoms with van der Waals surface area (Å²) in [4.78, 5) is 0. The van der Waals surface area contributed by atoms with Crippen LogP contribution in [0.1, 0.15) is 45.6 Å². The van der Waals surface area contributed by atoms with Gasteiger partial charge in [0.15, 0.2) is 5.71 Å². The molecule has 0 aromatic heterocycles. The summed E-state index contributed by atoms with van der Waals surface area (Å²) in [6, 6.07) is 19.0. The number of nitrogens with zero attached hydrogens (tertiary/aromatic N) is 1. The van der Waals surface area contributed by atoms with Gasteiger partial charge >= 0.3 is 0 Å². The molecule has 0 amide bonds. The highest BCUT2D eigenvalue weighted by Gasteiger charge is 2.43. The number of anilines is 1. The third-order valence-corrected chi connectivity index (χ3v) is 6.69. The van der Waals surface area contributed by atoms with Crippen molar-refractivity contribution in [2.24, 2.45) is 0 Å². The highest BCUT2D eigenvalue weighted by molar-refractivity contribution is 6.32. The Hall–Kier alpha value is -2.58. The van der Waals surface area contributed by atoms with Crippen molar-refractivity contribution in [3.05, 3.63) is 94.7 Å². The number of allylic oxidation sites excluding steroid dienone is 5. The molecular weight excluding hydrogens is 388 g/mol. The molecule has 0 bridgehead atoms. The van der Waals surface area contributed by atoms with Crippen LogP contribution in [0.3, 0.4) is 0 Å². The van der Waals surface area contributed by atoms with E-state index in [1.165, 1.54) is 28.1 Å². The van der Waals surface area contributed by atoms with Gasteiger partial charge in [-0.1, -0.05) is 54.1 Å². The molecule has 1 N–H and O–H groups in total. The molecule has 0 fully saturated rings. The first-order chi connectivity index (χ1) is 14.5. The molecule has 4 rings (SSSR count). The van der Waals surface area contributed by atoms with Crippen molar-refractivity contribution in [3.8, 4) is 0 Å². The van der Waals surface area contributed by atoms with Crippen LogP contribution < -0.4 is 5.32 Å². The van der Waals surface area contributed by atoms with Gasteiger partial charge in [0.05, 0.1) is 5.41 Å². The number of benzene rings is 2. The Morgan fingerprint density at radius 2 is 1.73 bits per heavy atom. The van der Waals surface area contributed by atoms with Gasteiger partial charge < -0.3 is 5.32 Å². The van der Waals surface area contributed by atoms with Crippen molar-refractivity contribution in [1.82, 2.24) is 0 Å². The number of nitrogens with one attached hydrogen (secondary N) is 1. The van der Waals surface area contributed by atoms with E-state index in [0.717, 1.165) is 36.5 Å². The Kier molecular flexibility index (Phi) is 5.97. The minimum atomic E-state index is -0.0155. The molecule has 0 spiro atoms. The number of halogens is 1. The van der Waals surface area contributed by atoms with Gasteiger partial charge in [-0.05, 0) is 63.3 Å². The van der Waals surface area contributed by atoms with Gasteiger partial charge in [0.2, 0.25) is 5.69 Å². The molecule has 2 aromatic carbocycles. The van der Waals surface area contributed by atoms with Crippen LogP contribution in [0.2, 0.25) is 0 Å². The van der Waals surface area contributed by atoms with Crippen LogP contribution in [0.15, 0.2) is 89.1 Å². The van der Waals surface area contributed by atoms with Crippen molar-refractivity contribution in [3.63, 3.8) is 0 Å². The molecule has 1 aliphatic heterocycles. The molecule has 2 aromatic rings. The van der Waals surface area contributed by atoms with E-state index in [0.29, 0.717) is 0 Å². The fourth-order valence-electron chi connectivity index (χ4n) is 4.55. The Balaban J connectivity index is 1.63. The summed E-state index contributed by atoms with van der Waals surface area (Å²) in [6.07, 6.45) is 9.73. The van der Waals surface area contributed by atoms with Crippen molar-refractivity contribution >= 4 is 28.7 Å². The quantitative estimate of drug-likeness (QED) is 0.504. The Morgan fingerprint density at radius 1 is 1.00 bits per heavy atom. The highest BCUT2D eigenvalue weighted by Crippen LogP contribution is 2.40. The molecule has 2 aliphatic rings. The average molecular weight is 418 g/mol. The van der Waals surface area contributed by atoms with Crippen LogP contribution in [0.4, 0.5) is 11.4 Å². The molecule has 0 unspecified atom stereocenters. The zero-order valence-corrected chi connectivity index (χ0v) is 18.8. The third-order valence-electron chi connectivity index (χ3n) is 6.20.